The lowest BCUT2D eigenvalue weighted by atomic mass is 10.1. The molecule has 0 N–H and O–H groups in total. The molecule has 0 bridgehead atoms. The van der Waals surface area contributed by atoms with Crippen LogP contribution in [-0.4, -0.2) is 17.2 Å². The van der Waals surface area contributed by atoms with E-state index < -0.39 is 17.2 Å². The number of nitro groups is 1. The molecule has 0 saturated heterocycles. The van der Waals surface area contributed by atoms with Crippen LogP contribution in [0.4, 0.5) is 5.69 Å². The molecule has 1 heterocycles. The maximum Gasteiger partial charge on any atom is 0.305 e. The van der Waals surface area contributed by atoms with Gasteiger partial charge in [-0.2, -0.15) is 0 Å². The summed E-state index contributed by atoms with van der Waals surface area (Å²) in [5.41, 5.74) is 0.806. The number of nitro benzene ring substituents is 1. The van der Waals surface area contributed by atoms with Gasteiger partial charge in [-0.05, 0) is 12.5 Å². The number of hydrogen-bond acceptors (Lipinski definition) is 5. The molecule has 2 rings (SSSR count). The van der Waals surface area contributed by atoms with Gasteiger partial charge in [0.2, 0.25) is 6.29 Å². The topological polar surface area (TPSA) is 78.7 Å². The average molecular weight is 237 g/mol. The van der Waals surface area contributed by atoms with Crippen molar-refractivity contribution in [1.82, 2.24) is 0 Å². The lowest BCUT2D eigenvalue weighted by molar-refractivity contribution is -0.385. The summed E-state index contributed by atoms with van der Waals surface area (Å²) >= 11 is 0. The molecule has 0 aliphatic carbocycles. The number of rotatable bonds is 2. The third-order valence-corrected chi connectivity index (χ3v) is 2.46. The van der Waals surface area contributed by atoms with E-state index in [-0.39, 0.29) is 5.69 Å². The van der Waals surface area contributed by atoms with Gasteiger partial charge in [-0.15, -0.1) is 0 Å². The Morgan fingerprint density at radius 2 is 2.35 bits per heavy atom. The summed E-state index contributed by atoms with van der Waals surface area (Å²) in [6, 6.07) is 4.39. The smallest absolute Gasteiger partial charge is 0.305 e. The first-order valence-corrected chi connectivity index (χ1v) is 5.17. The molecule has 0 saturated carbocycles. The average Bonchev–Trinajstić information content (AvgIpc) is 2.27. The van der Waals surface area contributed by atoms with Crippen LogP contribution in [0.3, 0.4) is 0 Å². The van der Waals surface area contributed by atoms with Crippen molar-refractivity contribution in [2.45, 2.75) is 26.1 Å². The minimum Gasteiger partial charge on any atom is -0.454 e. The minimum atomic E-state index is -0.596. The summed E-state index contributed by atoms with van der Waals surface area (Å²) in [5.74, 6) is 0.133. The van der Waals surface area contributed by atoms with Gasteiger partial charge in [0.15, 0.2) is 0 Å². The Morgan fingerprint density at radius 3 is 3.00 bits per heavy atom. The third-order valence-electron chi connectivity index (χ3n) is 2.46. The Kier molecular flexibility index (Phi) is 2.95. The predicted molar refractivity (Wildman–Crippen MR) is 57.6 cm³/mol. The van der Waals surface area contributed by atoms with Crippen LogP contribution in [0.1, 0.15) is 18.9 Å². The molecule has 0 aromatic heterocycles. The highest BCUT2D eigenvalue weighted by Crippen LogP contribution is 2.31. The van der Waals surface area contributed by atoms with E-state index in [2.05, 4.69) is 0 Å². The summed E-state index contributed by atoms with van der Waals surface area (Å²) in [7, 11) is 0. The lowest BCUT2D eigenvalue weighted by Gasteiger charge is -2.24. The maximum atomic E-state index is 10.8. The summed E-state index contributed by atoms with van der Waals surface area (Å²) in [6.07, 6.45) is 0.504. The Bertz CT molecular complexity index is 471. The van der Waals surface area contributed by atoms with Gasteiger partial charge in [-0.25, -0.2) is 0 Å². The van der Waals surface area contributed by atoms with E-state index >= 15 is 0 Å². The number of benzene rings is 1. The van der Waals surface area contributed by atoms with E-state index in [9.17, 15) is 14.9 Å². The summed E-state index contributed by atoms with van der Waals surface area (Å²) in [5, 5.41) is 10.6. The Hall–Kier alpha value is -2.11. The van der Waals surface area contributed by atoms with Gasteiger partial charge in [-0.1, -0.05) is 0 Å². The zero-order valence-corrected chi connectivity index (χ0v) is 9.21. The van der Waals surface area contributed by atoms with E-state index in [4.69, 9.17) is 9.47 Å². The van der Waals surface area contributed by atoms with Crippen LogP contribution in [0.25, 0.3) is 0 Å². The Balaban J connectivity index is 2.17. The molecule has 0 spiro atoms. The second-order valence-electron chi connectivity index (χ2n) is 3.74. The van der Waals surface area contributed by atoms with Crippen LogP contribution in [-0.2, 0) is 16.0 Å². The highest BCUT2D eigenvalue weighted by molar-refractivity contribution is 5.66. The molecular formula is C11H11NO5. The van der Waals surface area contributed by atoms with E-state index in [1.807, 2.05) is 0 Å². The van der Waals surface area contributed by atoms with Crippen molar-refractivity contribution in [2.24, 2.45) is 0 Å². The Morgan fingerprint density at radius 1 is 1.59 bits per heavy atom. The molecule has 1 unspecified atom stereocenters. The second kappa shape index (κ2) is 4.40. The number of carbonyl (C=O) groups excluding carboxylic acids is 1. The summed E-state index contributed by atoms with van der Waals surface area (Å²) in [4.78, 5) is 20.9. The van der Waals surface area contributed by atoms with Gasteiger partial charge in [0.25, 0.3) is 5.69 Å². The first-order valence-electron chi connectivity index (χ1n) is 5.17. The van der Waals surface area contributed by atoms with Crippen LogP contribution in [0.15, 0.2) is 18.2 Å². The van der Waals surface area contributed by atoms with Crippen LogP contribution in [0, 0.1) is 10.1 Å². The minimum absolute atomic E-state index is 0.0401. The molecule has 1 aromatic carbocycles. The molecule has 1 atom stereocenters. The van der Waals surface area contributed by atoms with E-state index in [1.54, 1.807) is 0 Å². The highest BCUT2D eigenvalue weighted by Gasteiger charge is 2.23. The number of fused-ring (bicyclic) bond motifs is 1. The quantitative estimate of drug-likeness (QED) is 0.445. The van der Waals surface area contributed by atoms with Gasteiger partial charge in [0.05, 0.1) is 4.92 Å². The number of nitrogens with zero attached hydrogens (tertiary/aromatic N) is 1. The zero-order valence-electron chi connectivity index (χ0n) is 9.21. The fourth-order valence-electron chi connectivity index (χ4n) is 1.73. The first-order chi connectivity index (χ1) is 8.06. The molecule has 6 nitrogen and oxygen atoms in total. The first kappa shape index (κ1) is 11.4. The lowest BCUT2D eigenvalue weighted by Crippen LogP contribution is -2.27. The molecule has 0 radical (unpaired) electrons. The Labute approximate surface area is 97.3 Å². The number of aryl methyl sites for hydroxylation is 1. The second-order valence-corrected chi connectivity index (χ2v) is 3.74. The molecule has 0 amide bonds. The van der Waals surface area contributed by atoms with E-state index in [1.165, 1.54) is 25.1 Å². The molecule has 6 heteroatoms. The van der Waals surface area contributed by atoms with Gasteiger partial charge in [-0.3, -0.25) is 14.9 Å². The third kappa shape index (κ3) is 2.52. The number of esters is 1. The van der Waals surface area contributed by atoms with Crippen LogP contribution >= 0.6 is 0 Å². The van der Waals surface area contributed by atoms with Crippen LogP contribution in [0.5, 0.6) is 5.75 Å². The van der Waals surface area contributed by atoms with Gasteiger partial charge in [0, 0.05) is 31.0 Å². The maximum absolute atomic E-state index is 10.8. The van der Waals surface area contributed by atoms with Crippen LogP contribution < -0.4 is 4.74 Å². The van der Waals surface area contributed by atoms with Crippen molar-refractivity contribution >= 4 is 11.7 Å². The number of hydrogen-bond donors (Lipinski definition) is 0. The van der Waals surface area contributed by atoms with Gasteiger partial charge >= 0.3 is 5.97 Å². The zero-order chi connectivity index (χ0) is 12.4. The largest absolute Gasteiger partial charge is 0.454 e. The highest BCUT2D eigenvalue weighted by atomic mass is 16.7. The predicted octanol–water partition coefficient (Wildman–Crippen LogP) is 1.81. The van der Waals surface area contributed by atoms with Crippen molar-refractivity contribution in [1.29, 1.82) is 0 Å². The fourth-order valence-corrected chi connectivity index (χ4v) is 1.73. The number of carbonyl (C=O) groups is 1. The molecule has 90 valence electrons. The van der Waals surface area contributed by atoms with E-state index in [0.717, 1.165) is 5.56 Å². The monoisotopic (exact) mass is 237 g/mol. The van der Waals surface area contributed by atoms with Crippen molar-refractivity contribution in [3.8, 4) is 5.75 Å². The molecule has 17 heavy (non-hydrogen) atoms. The molecular weight excluding hydrogens is 226 g/mol. The van der Waals surface area contributed by atoms with Gasteiger partial charge < -0.3 is 9.47 Å². The number of ether oxygens (including phenoxy) is 2. The number of non-ortho nitro benzene ring substituents is 1. The summed E-state index contributed by atoms with van der Waals surface area (Å²) < 4.78 is 10.3. The SMILES string of the molecule is CC(=O)OC1CCc2cc([N+](=O)[O-])ccc2O1. The van der Waals surface area contributed by atoms with Crippen molar-refractivity contribution in [3.63, 3.8) is 0 Å². The molecule has 0 fully saturated rings. The fraction of sp³-hybridized carbons (Fsp3) is 0.364. The standard InChI is InChI=1S/C11H11NO5/c1-7(13)16-11-5-2-8-6-9(12(14)15)3-4-10(8)17-11/h3-4,6,11H,2,5H2,1H3. The normalized spacial score (nSPS) is 17.8. The van der Waals surface area contributed by atoms with Crippen molar-refractivity contribution in [2.75, 3.05) is 0 Å². The molecule has 1 aliphatic heterocycles. The van der Waals surface area contributed by atoms with E-state index in [0.29, 0.717) is 18.6 Å². The van der Waals surface area contributed by atoms with Crippen molar-refractivity contribution in [3.05, 3.63) is 33.9 Å². The molecule has 1 aliphatic rings. The van der Waals surface area contributed by atoms with Crippen LogP contribution in [0.2, 0.25) is 0 Å². The van der Waals surface area contributed by atoms with Crippen molar-refractivity contribution < 1.29 is 19.2 Å². The van der Waals surface area contributed by atoms with Gasteiger partial charge in [0.1, 0.15) is 5.75 Å². The summed E-state index contributed by atoms with van der Waals surface area (Å²) in [6.45, 7) is 1.31. The molecule has 1 aromatic rings.